The maximum atomic E-state index is 11.9. The van der Waals surface area contributed by atoms with Crippen LogP contribution in [0, 0.1) is 6.92 Å². The normalized spacial score (nSPS) is 11.8. The second kappa shape index (κ2) is 8.56. The summed E-state index contributed by atoms with van der Waals surface area (Å²) in [7, 11) is 0. The highest BCUT2D eigenvalue weighted by atomic mass is 32.1. The molecule has 5 nitrogen and oxygen atoms in total. The van der Waals surface area contributed by atoms with Gasteiger partial charge in [0.1, 0.15) is 6.04 Å². The molecule has 1 aromatic heterocycles. The van der Waals surface area contributed by atoms with Crippen LogP contribution in [0.2, 0.25) is 0 Å². The van der Waals surface area contributed by atoms with E-state index in [1.165, 1.54) is 11.3 Å². The minimum atomic E-state index is -0.580. The molecule has 2 N–H and O–H groups in total. The first-order chi connectivity index (χ1) is 9.93. The van der Waals surface area contributed by atoms with E-state index in [1.807, 2.05) is 19.9 Å². The summed E-state index contributed by atoms with van der Waals surface area (Å²) in [6.07, 6.45) is 1.11. The Bertz CT molecular complexity index is 511. The van der Waals surface area contributed by atoms with Gasteiger partial charge in [0.05, 0.1) is 4.88 Å². The lowest BCUT2D eigenvalue weighted by molar-refractivity contribution is -0.128. The van der Waals surface area contributed by atoms with Crippen LogP contribution in [0.3, 0.4) is 0 Å². The monoisotopic (exact) mass is 310 g/mol. The molecule has 21 heavy (non-hydrogen) atoms. The SMILES string of the molecule is CCCNC(=O)C(C)NC(=O)CCC(=O)c1ccc(C)s1. The van der Waals surface area contributed by atoms with Crippen LogP contribution in [0.15, 0.2) is 12.1 Å². The first kappa shape index (κ1) is 17.4. The van der Waals surface area contributed by atoms with Crippen molar-refractivity contribution in [1.82, 2.24) is 10.6 Å². The molecule has 0 aliphatic rings. The summed E-state index contributed by atoms with van der Waals surface area (Å²) < 4.78 is 0. The highest BCUT2D eigenvalue weighted by Crippen LogP contribution is 2.17. The van der Waals surface area contributed by atoms with Gasteiger partial charge in [-0.2, -0.15) is 0 Å². The zero-order chi connectivity index (χ0) is 15.8. The second-order valence-corrected chi connectivity index (χ2v) is 6.20. The predicted molar refractivity (Wildman–Crippen MR) is 83.5 cm³/mol. The lowest BCUT2D eigenvalue weighted by Crippen LogP contribution is -2.45. The molecule has 0 spiro atoms. The van der Waals surface area contributed by atoms with E-state index in [9.17, 15) is 14.4 Å². The molecule has 116 valence electrons. The number of thiophene rings is 1. The van der Waals surface area contributed by atoms with E-state index in [-0.39, 0.29) is 30.4 Å². The average molecular weight is 310 g/mol. The lowest BCUT2D eigenvalue weighted by Gasteiger charge is -2.13. The van der Waals surface area contributed by atoms with E-state index in [0.717, 1.165) is 11.3 Å². The number of nitrogens with one attached hydrogen (secondary N) is 2. The molecule has 0 bridgehead atoms. The minimum Gasteiger partial charge on any atom is -0.354 e. The minimum absolute atomic E-state index is 0.0358. The molecule has 0 saturated heterocycles. The Morgan fingerprint density at radius 2 is 1.95 bits per heavy atom. The largest absolute Gasteiger partial charge is 0.354 e. The number of amides is 2. The summed E-state index contributed by atoms with van der Waals surface area (Å²) in [5.41, 5.74) is 0. The first-order valence-electron chi connectivity index (χ1n) is 7.10. The first-order valence-corrected chi connectivity index (χ1v) is 7.92. The average Bonchev–Trinajstić information content (AvgIpc) is 2.88. The summed E-state index contributed by atoms with van der Waals surface area (Å²) in [4.78, 5) is 37.0. The fraction of sp³-hybridized carbons (Fsp3) is 0.533. The molecule has 0 aliphatic carbocycles. The van der Waals surface area contributed by atoms with Crippen LogP contribution < -0.4 is 10.6 Å². The van der Waals surface area contributed by atoms with Gasteiger partial charge in [-0.15, -0.1) is 11.3 Å². The third-order valence-corrected chi connectivity index (χ3v) is 3.96. The topological polar surface area (TPSA) is 75.3 Å². The molecule has 1 atom stereocenters. The van der Waals surface area contributed by atoms with Gasteiger partial charge in [0.15, 0.2) is 5.78 Å². The van der Waals surface area contributed by atoms with Crippen LogP contribution in [0.1, 0.15) is 47.7 Å². The quantitative estimate of drug-likeness (QED) is 0.722. The van der Waals surface area contributed by atoms with Crippen molar-refractivity contribution < 1.29 is 14.4 Å². The van der Waals surface area contributed by atoms with E-state index < -0.39 is 6.04 Å². The van der Waals surface area contributed by atoms with Crippen LogP contribution in [0.5, 0.6) is 0 Å². The van der Waals surface area contributed by atoms with Gasteiger partial charge in [0, 0.05) is 24.3 Å². The molecular formula is C15H22N2O3S. The van der Waals surface area contributed by atoms with Crippen LogP contribution in [-0.2, 0) is 9.59 Å². The maximum Gasteiger partial charge on any atom is 0.242 e. The van der Waals surface area contributed by atoms with E-state index >= 15 is 0 Å². The zero-order valence-corrected chi connectivity index (χ0v) is 13.5. The summed E-state index contributed by atoms with van der Waals surface area (Å²) in [5, 5.41) is 5.31. The summed E-state index contributed by atoms with van der Waals surface area (Å²) >= 11 is 1.43. The second-order valence-electron chi connectivity index (χ2n) is 4.91. The number of ketones is 1. The number of hydrogen-bond donors (Lipinski definition) is 2. The Morgan fingerprint density at radius 1 is 1.24 bits per heavy atom. The molecule has 1 rings (SSSR count). The Labute approximate surface area is 129 Å². The molecule has 1 aromatic rings. The van der Waals surface area contributed by atoms with E-state index in [0.29, 0.717) is 11.4 Å². The molecule has 6 heteroatoms. The summed E-state index contributed by atoms with van der Waals surface area (Å²) in [6, 6.07) is 3.09. The number of Topliss-reactive ketones (excluding diaryl/α,β-unsaturated/α-hetero) is 1. The highest BCUT2D eigenvalue weighted by molar-refractivity contribution is 7.14. The Morgan fingerprint density at radius 3 is 2.52 bits per heavy atom. The fourth-order valence-electron chi connectivity index (χ4n) is 1.72. The van der Waals surface area contributed by atoms with Crippen LogP contribution in [0.25, 0.3) is 0 Å². The van der Waals surface area contributed by atoms with E-state index in [4.69, 9.17) is 0 Å². The highest BCUT2D eigenvalue weighted by Gasteiger charge is 2.16. The molecule has 0 saturated carbocycles. The number of rotatable bonds is 8. The van der Waals surface area contributed by atoms with Gasteiger partial charge in [-0.3, -0.25) is 14.4 Å². The van der Waals surface area contributed by atoms with Crippen LogP contribution in [0.4, 0.5) is 0 Å². The van der Waals surface area contributed by atoms with Crippen LogP contribution >= 0.6 is 11.3 Å². The third-order valence-electron chi connectivity index (χ3n) is 2.91. The van der Waals surface area contributed by atoms with Crippen molar-refractivity contribution in [2.24, 2.45) is 0 Å². The standard InChI is InChI=1S/C15H22N2O3S/c1-4-9-16-15(20)11(3)17-14(19)8-6-12(18)13-7-5-10(2)21-13/h5,7,11H,4,6,8-9H2,1-3H3,(H,16,20)(H,17,19). The molecule has 2 amide bonds. The van der Waals surface area contributed by atoms with E-state index in [1.54, 1.807) is 13.0 Å². The Hall–Kier alpha value is -1.69. The third kappa shape index (κ3) is 6.08. The van der Waals surface area contributed by atoms with Gasteiger partial charge in [-0.05, 0) is 32.4 Å². The molecule has 0 aromatic carbocycles. The van der Waals surface area contributed by atoms with Crippen molar-refractivity contribution in [2.45, 2.75) is 46.1 Å². The predicted octanol–water partition coefficient (Wildman–Crippen LogP) is 2.05. The summed E-state index contributed by atoms with van der Waals surface area (Å²) in [6.45, 7) is 6.12. The van der Waals surface area contributed by atoms with Gasteiger partial charge in [-0.25, -0.2) is 0 Å². The molecule has 1 heterocycles. The van der Waals surface area contributed by atoms with Crippen molar-refractivity contribution in [3.63, 3.8) is 0 Å². The van der Waals surface area contributed by atoms with E-state index in [2.05, 4.69) is 10.6 Å². The maximum absolute atomic E-state index is 11.9. The smallest absolute Gasteiger partial charge is 0.242 e. The van der Waals surface area contributed by atoms with Crippen molar-refractivity contribution in [3.8, 4) is 0 Å². The zero-order valence-electron chi connectivity index (χ0n) is 12.7. The molecule has 0 fully saturated rings. The summed E-state index contributed by atoms with van der Waals surface area (Å²) in [5.74, 6) is -0.521. The van der Waals surface area contributed by atoms with Gasteiger partial charge < -0.3 is 10.6 Å². The van der Waals surface area contributed by atoms with Gasteiger partial charge in [-0.1, -0.05) is 6.92 Å². The molecule has 0 radical (unpaired) electrons. The molecular weight excluding hydrogens is 288 g/mol. The van der Waals surface area contributed by atoms with Gasteiger partial charge in [0.2, 0.25) is 11.8 Å². The Balaban J connectivity index is 2.33. The fourth-order valence-corrected chi connectivity index (χ4v) is 2.55. The van der Waals surface area contributed by atoms with Crippen molar-refractivity contribution in [1.29, 1.82) is 0 Å². The van der Waals surface area contributed by atoms with Gasteiger partial charge in [0.25, 0.3) is 0 Å². The van der Waals surface area contributed by atoms with Crippen molar-refractivity contribution in [3.05, 3.63) is 21.9 Å². The Kier molecular flexibility index (Phi) is 7.08. The number of carbonyl (C=O) groups excluding carboxylic acids is 3. The number of carbonyl (C=O) groups is 3. The van der Waals surface area contributed by atoms with Crippen molar-refractivity contribution in [2.75, 3.05) is 6.54 Å². The molecule has 0 aliphatic heterocycles. The molecule has 1 unspecified atom stereocenters. The number of hydrogen-bond acceptors (Lipinski definition) is 4. The van der Waals surface area contributed by atoms with Crippen molar-refractivity contribution >= 4 is 28.9 Å². The van der Waals surface area contributed by atoms with Gasteiger partial charge >= 0.3 is 0 Å². The number of aryl methyl sites for hydroxylation is 1. The van der Waals surface area contributed by atoms with Crippen LogP contribution in [-0.4, -0.2) is 30.2 Å². The lowest BCUT2D eigenvalue weighted by atomic mass is 10.2.